The fraction of sp³-hybridized carbons (Fsp3) is 0.526. The SMILES string of the molecule is Cc1ccccc1CC(=O)N1CCC(F)(c2nc(C3CCC3)no2)C1. The minimum Gasteiger partial charge on any atom is -0.339 e. The molecule has 1 amide bonds. The molecule has 5 nitrogen and oxygen atoms in total. The molecule has 1 aliphatic heterocycles. The minimum atomic E-state index is -1.73. The third kappa shape index (κ3) is 3.05. The first-order valence-electron chi connectivity index (χ1n) is 8.90. The molecule has 0 bridgehead atoms. The van der Waals surface area contributed by atoms with Gasteiger partial charge in [-0.15, -0.1) is 0 Å². The van der Waals surface area contributed by atoms with E-state index >= 15 is 4.39 Å². The lowest BCUT2D eigenvalue weighted by Crippen LogP contribution is -2.33. The number of nitrogens with zero attached hydrogens (tertiary/aromatic N) is 3. The van der Waals surface area contributed by atoms with Crippen LogP contribution in [0.25, 0.3) is 0 Å². The molecule has 6 heteroatoms. The van der Waals surface area contributed by atoms with Crippen LogP contribution in [-0.2, 0) is 16.9 Å². The van der Waals surface area contributed by atoms with E-state index in [1.54, 1.807) is 4.90 Å². The molecule has 1 saturated carbocycles. The maximum atomic E-state index is 15.3. The van der Waals surface area contributed by atoms with Crippen molar-refractivity contribution in [3.63, 3.8) is 0 Å². The van der Waals surface area contributed by atoms with Crippen molar-refractivity contribution in [2.24, 2.45) is 0 Å². The summed E-state index contributed by atoms with van der Waals surface area (Å²) in [6.07, 6.45) is 3.74. The third-order valence-electron chi connectivity index (χ3n) is 5.47. The van der Waals surface area contributed by atoms with Crippen LogP contribution in [0.2, 0.25) is 0 Å². The molecule has 0 radical (unpaired) electrons. The summed E-state index contributed by atoms with van der Waals surface area (Å²) in [5.74, 6) is 0.886. The first-order valence-corrected chi connectivity index (χ1v) is 8.90. The van der Waals surface area contributed by atoms with Gasteiger partial charge in [-0.25, -0.2) is 4.39 Å². The Labute approximate surface area is 146 Å². The van der Waals surface area contributed by atoms with Gasteiger partial charge in [-0.1, -0.05) is 35.8 Å². The first-order chi connectivity index (χ1) is 12.0. The third-order valence-corrected chi connectivity index (χ3v) is 5.47. The highest BCUT2D eigenvalue weighted by Crippen LogP contribution is 2.39. The topological polar surface area (TPSA) is 59.2 Å². The Bertz CT molecular complexity index is 786. The summed E-state index contributed by atoms with van der Waals surface area (Å²) in [6.45, 7) is 2.35. The van der Waals surface area contributed by atoms with E-state index in [2.05, 4.69) is 10.1 Å². The van der Waals surface area contributed by atoms with E-state index in [1.165, 1.54) is 0 Å². The summed E-state index contributed by atoms with van der Waals surface area (Å²) in [7, 11) is 0. The summed E-state index contributed by atoms with van der Waals surface area (Å²) in [4.78, 5) is 18.4. The Balaban J connectivity index is 1.43. The highest BCUT2D eigenvalue weighted by atomic mass is 19.1. The van der Waals surface area contributed by atoms with Crippen molar-refractivity contribution in [2.45, 2.75) is 50.6 Å². The number of hydrogen-bond acceptors (Lipinski definition) is 4. The van der Waals surface area contributed by atoms with Gasteiger partial charge in [-0.3, -0.25) is 4.79 Å². The maximum Gasteiger partial charge on any atom is 0.266 e. The van der Waals surface area contributed by atoms with Crippen molar-refractivity contribution in [2.75, 3.05) is 13.1 Å². The molecule has 2 aromatic rings. The zero-order chi connectivity index (χ0) is 17.4. The van der Waals surface area contributed by atoms with Crippen LogP contribution in [0.1, 0.15) is 54.4 Å². The lowest BCUT2D eigenvalue weighted by Gasteiger charge is -2.21. The Morgan fingerprint density at radius 3 is 2.92 bits per heavy atom. The number of hydrogen-bond donors (Lipinski definition) is 0. The molecular weight excluding hydrogens is 321 g/mol. The predicted molar refractivity (Wildman–Crippen MR) is 89.8 cm³/mol. The van der Waals surface area contributed by atoms with Gasteiger partial charge in [0.05, 0.1) is 13.0 Å². The van der Waals surface area contributed by atoms with Crippen LogP contribution in [0, 0.1) is 6.92 Å². The summed E-state index contributed by atoms with van der Waals surface area (Å²) < 4.78 is 20.5. The molecular formula is C19H22FN3O2. The number of benzene rings is 1. The van der Waals surface area contributed by atoms with Gasteiger partial charge in [-0.05, 0) is 30.9 Å². The van der Waals surface area contributed by atoms with E-state index < -0.39 is 5.67 Å². The number of rotatable bonds is 4. The summed E-state index contributed by atoms with van der Waals surface area (Å²) in [5, 5.41) is 3.95. The second kappa shape index (κ2) is 6.24. The second-order valence-electron chi connectivity index (χ2n) is 7.22. The number of carbonyl (C=O) groups excluding carboxylic acids is 1. The smallest absolute Gasteiger partial charge is 0.266 e. The standard InChI is InChI=1S/C19H22FN3O2/c1-13-5-2-3-6-15(13)11-16(24)23-10-9-19(20,12-23)18-21-17(22-25-18)14-7-4-8-14/h2-3,5-6,14H,4,7-12H2,1H3. The normalized spacial score (nSPS) is 23.7. The van der Waals surface area contributed by atoms with Crippen molar-refractivity contribution >= 4 is 5.91 Å². The molecule has 1 aromatic heterocycles. The van der Waals surface area contributed by atoms with Crippen LogP contribution in [0.3, 0.4) is 0 Å². The van der Waals surface area contributed by atoms with Gasteiger partial charge >= 0.3 is 0 Å². The summed E-state index contributed by atoms with van der Waals surface area (Å²) >= 11 is 0. The minimum absolute atomic E-state index is 0.00991. The number of aryl methyl sites for hydroxylation is 1. The molecule has 2 heterocycles. The van der Waals surface area contributed by atoms with Gasteiger partial charge < -0.3 is 9.42 Å². The molecule has 4 rings (SSSR count). The molecule has 132 valence electrons. The maximum absolute atomic E-state index is 15.3. The van der Waals surface area contributed by atoms with Gasteiger partial charge in [-0.2, -0.15) is 4.98 Å². The molecule has 0 N–H and O–H groups in total. The van der Waals surface area contributed by atoms with Crippen molar-refractivity contribution in [3.05, 3.63) is 47.1 Å². The molecule has 1 aliphatic carbocycles. The fourth-order valence-electron chi connectivity index (χ4n) is 3.49. The highest BCUT2D eigenvalue weighted by Gasteiger charge is 2.46. The van der Waals surface area contributed by atoms with E-state index in [9.17, 15) is 4.79 Å². The number of aromatic nitrogens is 2. The van der Waals surface area contributed by atoms with Crippen LogP contribution < -0.4 is 0 Å². The van der Waals surface area contributed by atoms with E-state index in [0.717, 1.165) is 30.4 Å². The average molecular weight is 343 g/mol. The lowest BCUT2D eigenvalue weighted by molar-refractivity contribution is -0.130. The van der Waals surface area contributed by atoms with Crippen molar-refractivity contribution < 1.29 is 13.7 Å². The van der Waals surface area contributed by atoms with Crippen LogP contribution in [0.5, 0.6) is 0 Å². The highest BCUT2D eigenvalue weighted by molar-refractivity contribution is 5.79. The molecule has 2 fully saturated rings. The van der Waals surface area contributed by atoms with Gasteiger partial charge in [0.25, 0.3) is 5.89 Å². The summed E-state index contributed by atoms with van der Waals surface area (Å²) in [5.41, 5.74) is 0.327. The van der Waals surface area contributed by atoms with Gasteiger partial charge in [0.15, 0.2) is 5.82 Å². The van der Waals surface area contributed by atoms with Crippen molar-refractivity contribution in [1.82, 2.24) is 15.0 Å². The largest absolute Gasteiger partial charge is 0.339 e. The number of alkyl halides is 1. The van der Waals surface area contributed by atoms with E-state index in [1.807, 2.05) is 31.2 Å². The van der Waals surface area contributed by atoms with Gasteiger partial charge in [0.1, 0.15) is 0 Å². The predicted octanol–water partition coefficient (Wildman–Crippen LogP) is 3.29. The monoisotopic (exact) mass is 343 g/mol. The van der Waals surface area contributed by atoms with E-state index in [-0.39, 0.29) is 24.8 Å². The number of halogens is 1. The Morgan fingerprint density at radius 2 is 2.20 bits per heavy atom. The molecule has 1 unspecified atom stereocenters. The molecule has 1 saturated heterocycles. The van der Waals surface area contributed by atoms with Gasteiger partial charge in [0, 0.05) is 18.9 Å². The Hall–Kier alpha value is -2.24. The number of likely N-dealkylation sites (tertiary alicyclic amines) is 1. The first kappa shape index (κ1) is 16.2. The van der Waals surface area contributed by atoms with Crippen LogP contribution in [0.4, 0.5) is 4.39 Å². The summed E-state index contributed by atoms with van der Waals surface area (Å²) in [6, 6.07) is 7.78. The molecule has 25 heavy (non-hydrogen) atoms. The Morgan fingerprint density at radius 1 is 1.40 bits per heavy atom. The Kier molecular flexibility index (Phi) is 4.06. The number of amides is 1. The van der Waals surface area contributed by atoms with Crippen molar-refractivity contribution in [3.8, 4) is 0 Å². The van der Waals surface area contributed by atoms with Crippen LogP contribution in [-0.4, -0.2) is 34.0 Å². The zero-order valence-corrected chi connectivity index (χ0v) is 14.4. The van der Waals surface area contributed by atoms with Crippen LogP contribution >= 0.6 is 0 Å². The second-order valence-corrected chi connectivity index (χ2v) is 7.22. The molecule has 1 atom stereocenters. The van der Waals surface area contributed by atoms with Crippen LogP contribution in [0.15, 0.2) is 28.8 Å². The molecule has 0 spiro atoms. The average Bonchev–Trinajstić information content (AvgIpc) is 3.16. The number of carbonyl (C=O) groups is 1. The van der Waals surface area contributed by atoms with Crippen molar-refractivity contribution in [1.29, 1.82) is 0 Å². The molecule has 1 aromatic carbocycles. The zero-order valence-electron chi connectivity index (χ0n) is 14.4. The fourth-order valence-corrected chi connectivity index (χ4v) is 3.49. The van der Waals surface area contributed by atoms with E-state index in [4.69, 9.17) is 4.52 Å². The quantitative estimate of drug-likeness (QED) is 0.855. The lowest BCUT2D eigenvalue weighted by atomic mass is 9.85. The van der Waals surface area contributed by atoms with Gasteiger partial charge in [0.2, 0.25) is 11.6 Å². The van der Waals surface area contributed by atoms with E-state index in [0.29, 0.717) is 24.7 Å². The molecule has 2 aliphatic rings.